The lowest BCUT2D eigenvalue weighted by Crippen LogP contribution is -2.00. The van der Waals surface area contributed by atoms with Crippen molar-refractivity contribution >= 4 is 6.08 Å². The first-order chi connectivity index (χ1) is 5.27. The number of nitrogens with zero attached hydrogens (tertiary/aromatic N) is 1. The molecule has 11 heavy (non-hydrogen) atoms. The summed E-state index contributed by atoms with van der Waals surface area (Å²) >= 11 is 0. The minimum absolute atomic E-state index is 0.498. The molecule has 1 aromatic rings. The maximum Gasteiger partial charge on any atom is 0.0543 e. The average molecular weight is 148 g/mol. The van der Waals surface area contributed by atoms with Crippen LogP contribution in [-0.2, 0) is 6.54 Å². The van der Waals surface area contributed by atoms with E-state index in [1.165, 1.54) is 0 Å². The fourth-order valence-corrected chi connectivity index (χ4v) is 0.953. The summed E-state index contributed by atoms with van der Waals surface area (Å²) in [5.41, 5.74) is 8.41. The van der Waals surface area contributed by atoms with Gasteiger partial charge in [-0.2, -0.15) is 0 Å². The number of hydrogen-bond donors (Lipinski definition) is 1. The summed E-state index contributed by atoms with van der Waals surface area (Å²) in [5.74, 6) is 0. The topological polar surface area (TPSA) is 38.9 Å². The Morgan fingerprint density at radius 3 is 2.82 bits per heavy atom. The van der Waals surface area contributed by atoms with Crippen molar-refractivity contribution < 1.29 is 0 Å². The minimum atomic E-state index is 0.498. The van der Waals surface area contributed by atoms with E-state index >= 15 is 0 Å². The highest BCUT2D eigenvalue weighted by Gasteiger charge is 1.95. The van der Waals surface area contributed by atoms with E-state index in [9.17, 15) is 0 Å². The second kappa shape index (κ2) is 3.30. The molecule has 2 nitrogen and oxygen atoms in total. The molecule has 0 unspecified atom stereocenters. The van der Waals surface area contributed by atoms with E-state index in [0.717, 1.165) is 17.0 Å². The molecule has 0 atom stereocenters. The van der Waals surface area contributed by atoms with Crippen LogP contribution in [0.5, 0.6) is 0 Å². The predicted octanol–water partition coefficient (Wildman–Crippen LogP) is 1.49. The van der Waals surface area contributed by atoms with E-state index in [1.54, 1.807) is 6.08 Å². The Morgan fingerprint density at radius 2 is 2.36 bits per heavy atom. The van der Waals surface area contributed by atoms with Gasteiger partial charge in [-0.05, 0) is 18.6 Å². The first-order valence-electron chi connectivity index (χ1n) is 3.57. The molecule has 0 spiro atoms. The monoisotopic (exact) mass is 148 g/mol. The van der Waals surface area contributed by atoms with Crippen molar-refractivity contribution in [2.24, 2.45) is 5.73 Å². The first kappa shape index (κ1) is 7.95. The van der Waals surface area contributed by atoms with Crippen LogP contribution in [0.3, 0.4) is 0 Å². The van der Waals surface area contributed by atoms with Gasteiger partial charge in [-0.3, -0.25) is 4.98 Å². The lowest BCUT2D eigenvalue weighted by Gasteiger charge is -2.00. The molecule has 58 valence electrons. The highest BCUT2D eigenvalue weighted by Crippen LogP contribution is 2.07. The van der Waals surface area contributed by atoms with Crippen molar-refractivity contribution in [2.75, 3.05) is 0 Å². The van der Waals surface area contributed by atoms with Gasteiger partial charge in [0.1, 0.15) is 0 Å². The summed E-state index contributed by atoms with van der Waals surface area (Å²) < 4.78 is 0. The van der Waals surface area contributed by atoms with Crippen LogP contribution in [0.1, 0.15) is 17.0 Å². The molecule has 2 N–H and O–H groups in total. The lowest BCUT2D eigenvalue weighted by molar-refractivity contribution is 0.967. The Balaban J connectivity index is 3.09. The summed E-state index contributed by atoms with van der Waals surface area (Å²) in [6.45, 7) is 6.13. The minimum Gasteiger partial charge on any atom is -0.325 e. The molecule has 0 aliphatic carbocycles. The largest absolute Gasteiger partial charge is 0.325 e. The van der Waals surface area contributed by atoms with Crippen molar-refractivity contribution in [2.45, 2.75) is 13.5 Å². The molecule has 0 fully saturated rings. The zero-order valence-corrected chi connectivity index (χ0v) is 6.67. The highest BCUT2D eigenvalue weighted by molar-refractivity contribution is 5.49. The number of pyridine rings is 1. The predicted molar refractivity (Wildman–Crippen MR) is 47.0 cm³/mol. The van der Waals surface area contributed by atoms with Crippen LogP contribution in [0, 0.1) is 6.92 Å². The first-order valence-corrected chi connectivity index (χ1v) is 3.57. The average Bonchev–Trinajstić information content (AvgIpc) is 2.04. The number of aromatic nitrogens is 1. The van der Waals surface area contributed by atoms with E-state index in [-0.39, 0.29) is 0 Å². The second-order valence-corrected chi connectivity index (χ2v) is 2.39. The van der Waals surface area contributed by atoms with E-state index in [2.05, 4.69) is 11.6 Å². The molecular formula is C9H12N2. The number of aryl methyl sites for hydroxylation is 1. The van der Waals surface area contributed by atoms with Crippen LogP contribution in [0.2, 0.25) is 0 Å². The quantitative estimate of drug-likeness (QED) is 0.690. The molecular weight excluding hydrogens is 136 g/mol. The SMILES string of the molecule is C=Cc1ccc(CN)nc1C. The summed E-state index contributed by atoms with van der Waals surface area (Å²) in [7, 11) is 0. The van der Waals surface area contributed by atoms with Crippen LogP contribution in [0.25, 0.3) is 6.08 Å². The van der Waals surface area contributed by atoms with Gasteiger partial charge in [-0.1, -0.05) is 18.7 Å². The zero-order chi connectivity index (χ0) is 8.27. The van der Waals surface area contributed by atoms with Gasteiger partial charge in [0, 0.05) is 12.2 Å². The second-order valence-electron chi connectivity index (χ2n) is 2.39. The fraction of sp³-hybridized carbons (Fsp3) is 0.222. The number of nitrogens with two attached hydrogens (primary N) is 1. The van der Waals surface area contributed by atoms with Crippen LogP contribution in [-0.4, -0.2) is 4.98 Å². The van der Waals surface area contributed by atoms with Gasteiger partial charge in [0.25, 0.3) is 0 Å². The molecule has 0 saturated heterocycles. The van der Waals surface area contributed by atoms with Crippen molar-refractivity contribution in [1.82, 2.24) is 4.98 Å². The molecule has 2 heteroatoms. The van der Waals surface area contributed by atoms with E-state index in [4.69, 9.17) is 5.73 Å². The normalized spacial score (nSPS) is 9.64. The van der Waals surface area contributed by atoms with Crippen LogP contribution >= 0.6 is 0 Å². The van der Waals surface area contributed by atoms with Gasteiger partial charge < -0.3 is 5.73 Å². The maximum atomic E-state index is 5.42. The maximum absolute atomic E-state index is 5.42. The van der Waals surface area contributed by atoms with Gasteiger partial charge >= 0.3 is 0 Å². The summed E-state index contributed by atoms with van der Waals surface area (Å²) in [4.78, 5) is 4.27. The third kappa shape index (κ3) is 1.65. The lowest BCUT2D eigenvalue weighted by atomic mass is 10.2. The van der Waals surface area contributed by atoms with Gasteiger partial charge in [0.2, 0.25) is 0 Å². The highest BCUT2D eigenvalue weighted by atomic mass is 14.7. The van der Waals surface area contributed by atoms with Gasteiger partial charge in [-0.25, -0.2) is 0 Å². The summed E-state index contributed by atoms with van der Waals surface area (Å²) in [6.07, 6.45) is 1.79. The molecule has 0 radical (unpaired) electrons. The third-order valence-electron chi connectivity index (χ3n) is 1.61. The molecule has 0 aliphatic heterocycles. The van der Waals surface area contributed by atoms with Crippen LogP contribution in [0.15, 0.2) is 18.7 Å². The van der Waals surface area contributed by atoms with Crippen molar-refractivity contribution in [1.29, 1.82) is 0 Å². The van der Waals surface area contributed by atoms with Crippen molar-refractivity contribution in [3.05, 3.63) is 35.7 Å². The van der Waals surface area contributed by atoms with Gasteiger partial charge in [-0.15, -0.1) is 0 Å². The smallest absolute Gasteiger partial charge is 0.0543 e. The number of hydrogen-bond acceptors (Lipinski definition) is 2. The molecule has 0 aliphatic rings. The Bertz CT molecular complexity index is 266. The summed E-state index contributed by atoms with van der Waals surface area (Å²) in [5, 5.41) is 0. The van der Waals surface area contributed by atoms with E-state index < -0.39 is 0 Å². The Kier molecular flexibility index (Phi) is 2.39. The van der Waals surface area contributed by atoms with Gasteiger partial charge in [0.05, 0.1) is 5.69 Å². The van der Waals surface area contributed by atoms with Crippen LogP contribution in [0.4, 0.5) is 0 Å². The van der Waals surface area contributed by atoms with Crippen molar-refractivity contribution in [3.63, 3.8) is 0 Å². The standard InChI is InChI=1S/C9H12N2/c1-3-8-4-5-9(6-10)11-7(8)2/h3-5H,1,6,10H2,2H3. The Hall–Kier alpha value is -1.15. The molecule has 0 bridgehead atoms. The molecule has 1 aromatic heterocycles. The molecule has 0 amide bonds. The molecule has 0 saturated carbocycles. The Morgan fingerprint density at radius 1 is 1.64 bits per heavy atom. The van der Waals surface area contributed by atoms with E-state index in [1.807, 2.05) is 19.1 Å². The molecule has 1 heterocycles. The van der Waals surface area contributed by atoms with Gasteiger partial charge in [0.15, 0.2) is 0 Å². The summed E-state index contributed by atoms with van der Waals surface area (Å²) in [6, 6.07) is 3.90. The molecule has 0 aromatic carbocycles. The fourth-order valence-electron chi connectivity index (χ4n) is 0.953. The molecule has 1 rings (SSSR count). The zero-order valence-electron chi connectivity index (χ0n) is 6.67. The third-order valence-corrected chi connectivity index (χ3v) is 1.61. The van der Waals surface area contributed by atoms with Crippen molar-refractivity contribution in [3.8, 4) is 0 Å². The van der Waals surface area contributed by atoms with Crippen LogP contribution < -0.4 is 5.73 Å². The number of rotatable bonds is 2. The van der Waals surface area contributed by atoms with E-state index in [0.29, 0.717) is 6.54 Å². The Labute approximate surface area is 66.8 Å².